The number of rotatable bonds is 4. The number of nitrogen functional groups attached to an aromatic ring is 1. The van der Waals surface area contributed by atoms with Crippen LogP contribution in [0.15, 0.2) is 0 Å². The summed E-state index contributed by atoms with van der Waals surface area (Å²) in [6.45, 7) is 2.43. The van der Waals surface area contributed by atoms with Crippen LogP contribution in [0.3, 0.4) is 0 Å². The Bertz CT molecular complexity index is 360. The van der Waals surface area contributed by atoms with E-state index in [1.54, 1.807) is 14.0 Å². The third kappa shape index (κ3) is 2.89. The van der Waals surface area contributed by atoms with Crippen LogP contribution in [0.2, 0.25) is 0 Å². The lowest BCUT2D eigenvalue weighted by molar-refractivity contribution is 0.194. The van der Waals surface area contributed by atoms with Crippen molar-refractivity contribution in [3.8, 4) is 6.07 Å². The molecule has 80 valence electrons. The second kappa shape index (κ2) is 5.27. The van der Waals surface area contributed by atoms with Gasteiger partial charge in [0.15, 0.2) is 0 Å². The molecule has 1 rings (SSSR count). The SMILES string of the molecule is COCCCc1nc(C)c(C#N)c(N)n1. The molecule has 2 N–H and O–H groups in total. The molecule has 0 aliphatic rings. The molecular formula is C10H14N4O. The molecular weight excluding hydrogens is 192 g/mol. The molecule has 15 heavy (non-hydrogen) atoms. The summed E-state index contributed by atoms with van der Waals surface area (Å²) in [6.07, 6.45) is 1.56. The number of hydrogen-bond acceptors (Lipinski definition) is 5. The summed E-state index contributed by atoms with van der Waals surface area (Å²) in [6, 6.07) is 1.98. The summed E-state index contributed by atoms with van der Waals surface area (Å²) in [4.78, 5) is 8.27. The maximum Gasteiger partial charge on any atom is 0.145 e. The second-order valence-electron chi connectivity index (χ2n) is 3.19. The number of nitrogens with two attached hydrogens (primary N) is 1. The number of nitriles is 1. The molecule has 0 fully saturated rings. The van der Waals surface area contributed by atoms with Crippen LogP contribution in [0.25, 0.3) is 0 Å². The normalized spacial score (nSPS) is 9.93. The topological polar surface area (TPSA) is 84.8 Å². The molecule has 0 aliphatic carbocycles. The van der Waals surface area contributed by atoms with Gasteiger partial charge in [-0.15, -0.1) is 0 Å². The van der Waals surface area contributed by atoms with Gasteiger partial charge in [-0.05, 0) is 13.3 Å². The minimum atomic E-state index is 0.261. The first-order valence-corrected chi connectivity index (χ1v) is 4.71. The molecule has 1 aromatic rings. The fraction of sp³-hybridized carbons (Fsp3) is 0.500. The lowest BCUT2D eigenvalue weighted by Crippen LogP contribution is -2.06. The van der Waals surface area contributed by atoms with Gasteiger partial charge in [0, 0.05) is 20.1 Å². The molecule has 0 unspecified atom stereocenters. The van der Waals surface area contributed by atoms with Crippen molar-refractivity contribution in [3.05, 3.63) is 17.1 Å². The van der Waals surface area contributed by atoms with E-state index >= 15 is 0 Å². The summed E-state index contributed by atoms with van der Waals surface area (Å²) in [7, 11) is 1.65. The number of anilines is 1. The average molecular weight is 206 g/mol. The van der Waals surface area contributed by atoms with Gasteiger partial charge in [0.25, 0.3) is 0 Å². The Kier molecular flexibility index (Phi) is 4.01. The zero-order valence-corrected chi connectivity index (χ0v) is 8.95. The Morgan fingerprint density at radius 2 is 2.20 bits per heavy atom. The highest BCUT2D eigenvalue weighted by atomic mass is 16.5. The van der Waals surface area contributed by atoms with E-state index in [2.05, 4.69) is 9.97 Å². The molecule has 0 spiro atoms. The standard InChI is InChI=1S/C10H14N4O/c1-7-8(6-11)10(12)14-9(13-7)4-3-5-15-2/h3-5H2,1-2H3,(H2,12,13,14). The van der Waals surface area contributed by atoms with E-state index in [1.165, 1.54) is 0 Å². The zero-order chi connectivity index (χ0) is 11.3. The first-order chi connectivity index (χ1) is 7.19. The van der Waals surface area contributed by atoms with Crippen LogP contribution >= 0.6 is 0 Å². The van der Waals surface area contributed by atoms with E-state index in [4.69, 9.17) is 15.7 Å². The van der Waals surface area contributed by atoms with Crippen LogP contribution in [-0.2, 0) is 11.2 Å². The van der Waals surface area contributed by atoms with E-state index in [9.17, 15) is 0 Å². The molecule has 0 saturated heterocycles. The Balaban J connectivity index is 2.81. The highest BCUT2D eigenvalue weighted by molar-refractivity contribution is 5.50. The summed E-state index contributed by atoms with van der Waals surface area (Å²) < 4.78 is 4.93. The summed E-state index contributed by atoms with van der Waals surface area (Å²) >= 11 is 0. The highest BCUT2D eigenvalue weighted by Crippen LogP contribution is 2.11. The Morgan fingerprint density at radius 1 is 1.47 bits per heavy atom. The van der Waals surface area contributed by atoms with Crippen molar-refractivity contribution in [2.75, 3.05) is 19.5 Å². The molecule has 0 atom stereocenters. The smallest absolute Gasteiger partial charge is 0.145 e. The third-order valence-corrected chi connectivity index (χ3v) is 2.02. The first kappa shape index (κ1) is 11.4. The lowest BCUT2D eigenvalue weighted by Gasteiger charge is -2.04. The van der Waals surface area contributed by atoms with Crippen LogP contribution in [0.4, 0.5) is 5.82 Å². The molecule has 0 aliphatic heterocycles. The first-order valence-electron chi connectivity index (χ1n) is 4.71. The minimum Gasteiger partial charge on any atom is -0.385 e. The van der Waals surface area contributed by atoms with Gasteiger partial charge in [0.05, 0.1) is 5.69 Å². The molecule has 1 aromatic heterocycles. The monoisotopic (exact) mass is 206 g/mol. The zero-order valence-electron chi connectivity index (χ0n) is 8.95. The van der Waals surface area contributed by atoms with Crippen LogP contribution in [0, 0.1) is 18.3 Å². The maximum atomic E-state index is 8.77. The summed E-state index contributed by atoms with van der Waals surface area (Å²) in [5.41, 5.74) is 6.63. The quantitative estimate of drug-likeness (QED) is 0.737. The minimum absolute atomic E-state index is 0.261. The number of aryl methyl sites for hydroxylation is 2. The van der Waals surface area contributed by atoms with Crippen molar-refractivity contribution >= 4 is 5.82 Å². The fourth-order valence-corrected chi connectivity index (χ4v) is 1.28. The van der Waals surface area contributed by atoms with Crippen LogP contribution in [-0.4, -0.2) is 23.7 Å². The molecule has 0 radical (unpaired) electrons. The van der Waals surface area contributed by atoms with Crippen molar-refractivity contribution < 1.29 is 4.74 Å². The molecule has 0 bridgehead atoms. The Morgan fingerprint density at radius 3 is 2.73 bits per heavy atom. The van der Waals surface area contributed by atoms with E-state index < -0.39 is 0 Å². The van der Waals surface area contributed by atoms with Gasteiger partial charge in [-0.1, -0.05) is 0 Å². The molecule has 0 saturated carbocycles. The second-order valence-corrected chi connectivity index (χ2v) is 3.19. The van der Waals surface area contributed by atoms with Gasteiger partial charge in [0.2, 0.25) is 0 Å². The predicted molar refractivity (Wildman–Crippen MR) is 56.1 cm³/mol. The van der Waals surface area contributed by atoms with Crippen LogP contribution in [0.5, 0.6) is 0 Å². The van der Waals surface area contributed by atoms with Crippen LogP contribution < -0.4 is 5.73 Å². The van der Waals surface area contributed by atoms with Gasteiger partial charge in [-0.2, -0.15) is 5.26 Å². The molecule has 0 aromatic carbocycles. The van der Waals surface area contributed by atoms with Gasteiger partial charge in [-0.25, -0.2) is 9.97 Å². The number of ether oxygens (including phenoxy) is 1. The number of nitrogens with zero attached hydrogens (tertiary/aromatic N) is 3. The summed E-state index contributed by atoms with van der Waals surface area (Å²) in [5.74, 6) is 0.929. The lowest BCUT2D eigenvalue weighted by atomic mass is 10.2. The van der Waals surface area contributed by atoms with Crippen molar-refractivity contribution in [2.24, 2.45) is 0 Å². The number of hydrogen-bond donors (Lipinski definition) is 1. The van der Waals surface area contributed by atoms with E-state index in [0.717, 1.165) is 6.42 Å². The number of methoxy groups -OCH3 is 1. The van der Waals surface area contributed by atoms with E-state index in [0.29, 0.717) is 30.1 Å². The summed E-state index contributed by atoms with van der Waals surface area (Å²) in [5, 5.41) is 8.77. The van der Waals surface area contributed by atoms with E-state index in [-0.39, 0.29) is 5.82 Å². The third-order valence-electron chi connectivity index (χ3n) is 2.02. The van der Waals surface area contributed by atoms with Gasteiger partial charge in [-0.3, -0.25) is 0 Å². The van der Waals surface area contributed by atoms with Gasteiger partial charge in [0.1, 0.15) is 23.3 Å². The fourth-order valence-electron chi connectivity index (χ4n) is 1.28. The maximum absolute atomic E-state index is 8.77. The van der Waals surface area contributed by atoms with Crippen molar-refractivity contribution in [1.29, 1.82) is 5.26 Å². The van der Waals surface area contributed by atoms with Crippen molar-refractivity contribution in [2.45, 2.75) is 19.8 Å². The highest BCUT2D eigenvalue weighted by Gasteiger charge is 2.07. The number of aromatic nitrogens is 2. The van der Waals surface area contributed by atoms with Crippen LogP contribution in [0.1, 0.15) is 23.5 Å². The predicted octanol–water partition coefficient (Wildman–Crippen LogP) is 0.818. The van der Waals surface area contributed by atoms with Crippen molar-refractivity contribution in [1.82, 2.24) is 9.97 Å². The molecule has 0 amide bonds. The van der Waals surface area contributed by atoms with Gasteiger partial charge >= 0.3 is 0 Å². The molecule has 5 nitrogen and oxygen atoms in total. The van der Waals surface area contributed by atoms with Crippen molar-refractivity contribution in [3.63, 3.8) is 0 Å². The average Bonchev–Trinajstić information content (AvgIpc) is 2.18. The van der Waals surface area contributed by atoms with E-state index in [1.807, 2.05) is 6.07 Å². The Hall–Kier alpha value is -1.67. The van der Waals surface area contributed by atoms with Gasteiger partial charge < -0.3 is 10.5 Å². The molecule has 5 heteroatoms. The Labute approximate surface area is 88.9 Å². The molecule has 1 heterocycles. The largest absolute Gasteiger partial charge is 0.385 e.